The van der Waals surface area contributed by atoms with Gasteiger partial charge in [-0.15, -0.1) is 0 Å². The fourth-order valence-electron chi connectivity index (χ4n) is 1.10. The Kier molecular flexibility index (Phi) is 3.66. The molecule has 0 fully saturated rings. The van der Waals surface area contributed by atoms with Gasteiger partial charge in [-0.3, -0.25) is 4.72 Å². The third-order valence-corrected chi connectivity index (χ3v) is 2.84. The Labute approximate surface area is 98.4 Å². The highest BCUT2D eigenvalue weighted by Gasteiger charge is 2.11. The molecule has 84 valence electrons. The van der Waals surface area contributed by atoms with Gasteiger partial charge in [0.1, 0.15) is 12.1 Å². The number of benzene rings is 1. The molecule has 1 aromatic carbocycles. The van der Waals surface area contributed by atoms with E-state index >= 15 is 0 Å². The summed E-state index contributed by atoms with van der Waals surface area (Å²) in [6, 6.07) is 9.04. The number of sulfonamides is 1. The van der Waals surface area contributed by atoms with E-state index in [2.05, 4.69) is 4.72 Å². The van der Waals surface area contributed by atoms with Gasteiger partial charge in [-0.2, -0.15) is 15.8 Å². The Morgan fingerprint density at radius 2 is 1.76 bits per heavy atom. The van der Waals surface area contributed by atoms with E-state index in [0.717, 1.165) is 0 Å². The van der Waals surface area contributed by atoms with Gasteiger partial charge in [0.05, 0.1) is 17.2 Å². The molecule has 0 saturated carbocycles. The van der Waals surface area contributed by atoms with Gasteiger partial charge in [0.2, 0.25) is 10.0 Å². The van der Waals surface area contributed by atoms with Crippen molar-refractivity contribution in [2.45, 2.75) is 0 Å². The second kappa shape index (κ2) is 4.98. The molecule has 0 aliphatic carbocycles. The van der Waals surface area contributed by atoms with Crippen molar-refractivity contribution in [2.24, 2.45) is 0 Å². The maximum atomic E-state index is 11.3. The number of hydrogen-bond acceptors (Lipinski definition) is 5. The molecule has 0 amide bonds. The van der Waals surface area contributed by atoms with Crippen LogP contribution in [-0.4, -0.2) is 14.2 Å². The lowest BCUT2D eigenvalue weighted by Crippen LogP contribution is -2.15. The molecule has 6 nitrogen and oxygen atoms in total. The Hall–Kier alpha value is -2.56. The highest BCUT2D eigenvalue weighted by molar-refractivity contribution is 7.92. The van der Waals surface area contributed by atoms with Crippen LogP contribution in [0.1, 0.15) is 11.1 Å². The van der Waals surface area contributed by atoms with Crippen LogP contribution >= 0.6 is 0 Å². The summed E-state index contributed by atoms with van der Waals surface area (Å²) in [6.45, 7) is 0. The standard InChI is InChI=1S/C10H6N4O2S/c11-3-4-17(15,16)14-10-2-1-8(6-12)9(5-10)7-13/h1-2,5,14H,4H2. The Morgan fingerprint density at radius 3 is 2.29 bits per heavy atom. The fourth-order valence-corrected chi connectivity index (χ4v) is 1.83. The Balaban J connectivity index is 3.09. The van der Waals surface area contributed by atoms with Crippen LogP contribution < -0.4 is 4.72 Å². The number of hydrogen-bond donors (Lipinski definition) is 1. The van der Waals surface area contributed by atoms with Crippen molar-refractivity contribution in [1.82, 2.24) is 0 Å². The zero-order valence-corrected chi connectivity index (χ0v) is 9.32. The van der Waals surface area contributed by atoms with Gasteiger partial charge in [-0.05, 0) is 18.2 Å². The molecule has 0 heterocycles. The van der Waals surface area contributed by atoms with E-state index in [-0.39, 0.29) is 16.8 Å². The third-order valence-electron chi connectivity index (χ3n) is 1.79. The second-order valence-electron chi connectivity index (χ2n) is 3.00. The van der Waals surface area contributed by atoms with Crippen molar-refractivity contribution in [2.75, 3.05) is 10.5 Å². The van der Waals surface area contributed by atoms with E-state index in [1.165, 1.54) is 24.3 Å². The molecule has 0 unspecified atom stereocenters. The first kappa shape index (κ1) is 12.5. The van der Waals surface area contributed by atoms with Crippen LogP contribution in [0.15, 0.2) is 18.2 Å². The van der Waals surface area contributed by atoms with Gasteiger partial charge >= 0.3 is 0 Å². The quantitative estimate of drug-likeness (QED) is 0.841. The summed E-state index contributed by atoms with van der Waals surface area (Å²) in [5.41, 5.74) is 0.385. The number of nitriles is 3. The zero-order valence-electron chi connectivity index (χ0n) is 8.51. The largest absolute Gasteiger partial charge is 0.283 e. The molecule has 7 heteroatoms. The molecule has 0 atom stereocenters. The third kappa shape index (κ3) is 3.20. The lowest BCUT2D eigenvalue weighted by Gasteiger charge is -2.05. The van der Waals surface area contributed by atoms with E-state index in [1.807, 2.05) is 6.07 Å². The number of anilines is 1. The first-order valence-corrected chi connectivity index (χ1v) is 5.99. The van der Waals surface area contributed by atoms with Crippen molar-refractivity contribution in [3.05, 3.63) is 29.3 Å². The smallest absolute Gasteiger partial charge is 0.246 e. The van der Waals surface area contributed by atoms with Crippen molar-refractivity contribution < 1.29 is 8.42 Å². The van der Waals surface area contributed by atoms with E-state index < -0.39 is 15.8 Å². The number of nitrogens with zero attached hydrogens (tertiary/aromatic N) is 3. The average Bonchev–Trinajstić information content (AvgIpc) is 2.28. The Bertz CT molecular complexity index is 659. The summed E-state index contributed by atoms with van der Waals surface area (Å²) in [4.78, 5) is 0. The van der Waals surface area contributed by atoms with Crippen molar-refractivity contribution in [3.8, 4) is 18.2 Å². The minimum atomic E-state index is -3.73. The van der Waals surface area contributed by atoms with Gasteiger partial charge in [0.15, 0.2) is 5.75 Å². The Morgan fingerprint density at radius 1 is 1.12 bits per heavy atom. The average molecular weight is 246 g/mol. The van der Waals surface area contributed by atoms with E-state index in [4.69, 9.17) is 15.8 Å². The molecule has 0 spiro atoms. The van der Waals surface area contributed by atoms with Crippen LogP contribution in [0.4, 0.5) is 5.69 Å². The van der Waals surface area contributed by atoms with Gasteiger partial charge in [-0.1, -0.05) is 0 Å². The number of rotatable bonds is 3. The lowest BCUT2D eigenvalue weighted by atomic mass is 10.1. The fraction of sp³-hybridized carbons (Fsp3) is 0.100. The molecular weight excluding hydrogens is 240 g/mol. The predicted octanol–water partition coefficient (Wildman–Crippen LogP) is 0.695. The summed E-state index contributed by atoms with van der Waals surface area (Å²) >= 11 is 0. The molecule has 0 bridgehead atoms. The minimum absolute atomic E-state index is 0.0738. The topological polar surface area (TPSA) is 118 Å². The van der Waals surface area contributed by atoms with E-state index in [1.54, 1.807) is 6.07 Å². The first-order chi connectivity index (χ1) is 8.02. The molecule has 1 rings (SSSR count). The molecule has 0 saturated heterocycles. The van der Waals surface area contributed by atoms with Crippen LogP contribution in [0.3, 0.4) is 0 Å². The summed E-state index contributed by atoms with van der Waals surface area (Å²) in [5.74, 6) is -0.672. The highest BCUT2D eigenvalue weighted by atomic mass is 32.2. The summed E-state index contributed by atoms with van der Waals surface area (Å²) in [7, 11) is -3.73. The van der Waals surface area contributed by atoms with Gasteiger partial charge in [-0.25, -0.2) is 8.42 Å². The second-order valence-corrected chi connectivity index (χ2v) is 4.73. The lowest BCUT2D eigenvalue weighted by molar-refractivity contribution is 0.604. The van der Waals surface area contributed by atoms with Crippen molar-refractivity contribution in [3.63, 3.8) is 0 Å². The summed E-state index contributed by atoms with van der Waals surface area (Å²) in [5, 5.41) is 25.7. The van der Waals surface area contributed by atoms with Gasteiger partial charge < -0.3 is 0 Å². The molecule has 1 N–H and O–H groups in total. The summed E-state index contributed by atoms with van der Waals surface area (Å²) in [6.07, 6.45) is 0. The van der Waals surface area contributed by atoms with Crippen molar-refractivity contribution in [1.29, 1.82) is 15.8 Å². The normalized spacial score (nSPS) is 9.71. The van der Waals surface area contributed by atoms with E-state index in [9.17, 15) is 8.42 Å². The van der Waals surface area contributed by atoms with Crippen LogP contribution in [0.25, 0.3) is 0 Å². The SMILES string of the molecule is N#CCS(=O)(=O)Nc1ccc(C#N)c(C#N)c1. The van der Waals surface area contributed by atoms with Crippen LogP contribution in [0, 0.1) is 34.0 Å². The maximum Gasteiger partial charge on any atom is 0.246 e. The van der Waals surface area contributed by atoms with Crippen LogP contribution in [0.2, 0.25) is 0 Å². The molecule has 0 aliphatic rings. The number of nitrogens with one attached hydrogen (secondary N) is 1. The molecule has 0 radical (unpaired) electrons. The molecule has 0 aliphatic heterocycles. The van der Waals surface area contributed by atoms with Crippen LogP contribution in [0.5, 0.6) is 0 Å². The first-order valence-electron chi connectivity index (χ1n) is 4.34. The molecular formula is C10H6N4O2S. The van der Waals surface area contributed by atoms with E-state index in [0.29, 0.717) is 0 Å². The maximum absolute atomic E-state index is 11.3. The highest BCUT2D eigenvalue weighted by Crippen LogP contribution is 2.15. The zero-order chi connectivity index (χ0) is 12.9. The minimum Gasteiger partial charge on any atom is -0.283 e. The van der Waals surface area contributed by atoms with Crippen LogP contribution in [-0.2, 0) is 10.0 Å². The summed E-state index contributed by atoms with van der Waals surface area (Å²) < 4.78 is 24.7. The van der Waals surface area contributed by atoms with Gasteiger partial charge in [0.25, 0.3) is 0 Å². The monoisotopic (exact) mass is 246 g/mol. The van der Waals surface area contributed by atoms with Crippen molar-refractivity contribution >= 4 is 15.7 Å². The molecule has 1 aromatic rings. The van der Waals surface area contributed by atoms with Gasteiger partial charge in [0, 0.05) is 5.69 Å². The molecule has 0 aromatic heterocycles. The molecule has 17 heavy (non-hydrogen) atoms. The predicted molar refractivity (Wildman–Crippen MR) is 58.9 cm³/mol.